The monoisotopic (exact) mass is 190 g/mol. The number of rotatable bonds is 2. The largest absolute Gasteiger partial charge is 0.579 e. The minimum Gasteiger partial charge on any atom is -0.579 e. The van der Waals surface area contributed by atoms with E-state index in [9.17, 15) is 4.55 Å². The Morgan fingerprint density at radius 2 is 1.75 bits per heavy atom. The molecule has 0 amide bonds. The van der Waals surface area contributed by atoms with E-state index in [1.54, 1.807) is 0 Å². The summed E-state index contributed by atoms with van der Waals surface area (Å²) in [5.41, 5.74) is 0.00482. The van der Waals surface area contributed by atoms with Crippen molar-refractivity contribution in [1.82, 2.24) is 9.44 Å². The molecule has 0 aromatic rings. The molecular weight excluding hydrogens is 172 g/mol. The highest BCUT2D eigenvalue weighted by molar-refractivity contribution is 7.87. The molecular formula is C8H18N2OS. The lowest BCUT2D eigenvalue weighted by Crippen LogP contribution is -2.52. The van der Waals surface area contributed by atoms with Crippen LogP contribution in [0.1, 0.15) is 27.7 Å². The van der Waals surface area contributed by atoms with Crippen LogP contribution in [-0.4, -0.2) is 16.6 Å². The van der Waals surface area contributed by atoms with Crippen LogP contribution in [0.3, 0.4) is 0 Å². The third-order valence-electron chi connectivity index (χ3n) is 2.84. The van der Waals surface area contributed by atoms with Gasteiger partial charge in [0.1, 0.15) is 11.5 Å². The van der Waals surface area contributed by atoms with Gasteiger partial charge < -0.3 is 4.55 Å². The van der Waals surface area contributed by atoms with E-state index in [1.165, 1.54) is 0 Å². The van der Waals surface area contributed by atoms with E-state index in [2.05, 4.69) is 37.1 Å². The average molecular weight is 190 g/mol. The second-order valence-electron chi connectivity index (χ2n) is 4.04. The predicted molar refractivity (Wildman–Crippen MR) is 51.7 cm³/mol. The molecule has 1 aliphatic heterocycles. The van der Waals surface area contributed by atoms with Crippen LogP contribution in [-0.2, 0) is 11.5 Å². The van der Waals surface area contributed by atoms with Gasteiger partial charge >= 0.3 is 0 Å². The molecule has 1 unspecified atom stereocenters. The van der Waals surface area contributed by atoms with Crippen LogP contribution in [0.2, 0.25) is 0 Å². The van der Waals surface area contributed by atoms with Gasteiger partial charge in [-0.2, -0.15) is 0 Å². The van der Waals surface area contributed by atoms with Crippen molar-refractivity contribution in [2.24, 2.45) is 11.8 Å². The van der Waals surface area contributed by atoms with Crippen LogP contribution in [0.15, 0.2) is 0 Å². The molecule has 1 aliphatic rings. The molecule has 0 radical (unpaired) electrons. The van der Waals surface area contributed by atoms with Gasteiger partial charge in [-0.25, -0.2) is 0 Å². The summed E-state index contributed by atoms with van der Waals surface area (Å²) < 4.78 is 17.2. The highest BCUT2D eigenvalue weighted by atomic mass is 32.2. The molecule has 1 rings (SSSR count). The Labute approximate surface area is 77.8 Å². The van der Waals surface area contributed by atoms with E-state index in [-0.39, 0.29) is 5.54 Å². The minimum atomic E-state index is -1.03. The van der Waals surface area contributed by atoms with E-state index in [0.29, 0.717) is 11.8 Å². The second kappa shape index (κ2) is 3.54. The Morgan fingerprint density at radius 3 is 1.92 bits per heavy atom. The van der Waals surface area contributed by atoms with E-state index in [4.69, 9.17) is 0 Å². The molecule has 0 aliphatic carbocycles. The van der Waals surface area contributed by atoms with E-state index >= 15 is 0 Å². The van der Waals surface area contributed by atoms with Crippen molar-refractivity contribution in [1.29, 1.82) is 0 Å². The van der Waals surface area contributed by atoms with Crippen molar-refractivity contribution in [3.8, 4) is 0 Å². The number of hydrogen-bond acceptors (Lipinski definition) is 3. The summed E-state index contributed by atoms with van der Waals surface area (Å²) in [6.45, 7) is 9.46. The zero-order valence-corrected chi connectivity index (χ0v) is 8.99. The molecule has 1 heterocycles. The van der Waals surface area contributed by atoms with E-state index in [0.717, 1.165) is 6.54 Å². The zero-order valence-electron chi connectivity index (χ0n) is 8.18. The van der Waals surface area contributed by atoms with Gasteiger partial charge in [-0.05, 0) is 11.8 Å². The third-order valence-corrected chi connectivity index (χ3v) is 3.81. The Hall–Kier alpha value is 0.230. The van der Waals surface area contributed by atoms with Crippen molar-refractivity contribution >= 4 is 11.5 Å². The zero-order chi connectivity index (χ0) is 9.35. The van der Waals surface area contributed by atoms with Gasteiger partial charge in [0, 0.05) is 0 Å². The summed E-state index contributed by atoms with van der Waals surface area (Å²) in [5.74, 6) is 0.993. The number of nitrogens with one attached hydrogen (secondary N) is 2. The van der Waals surface area contributed by atoms with Gasteiger partial charge in [-0.3, -0.25) is 0 Å². The smallest absolute Gasteiger partial charge is 0.135 e. The normalized spacial score (nSPS) is 28.8. The van der Waals surface area contributed by atoms with Gasteiger partial charge in [-0.1, -0.05) is 27.7 Å². The fraction of sp³-hybridized carbons (Fsp3) is 1.00. The summed E-state index contributed by atoms with van der Waals surface area (Å²) in [6, 6.07) is 0. The maximum atomic E-state index is 11.2. The molecule has 0 aromatic heterocycles. The van der Waals surface area contributed by atoms with Gasteiger partial charge in [0.05, 0.1) is 12.1 Å². The van der Waals surface area contributed by atoms with Crippen LogP contribution < -0.4 is 9.44 Å². The highest BCUT2D eigenvalue weighted by Gasteiger charge is 2.46. The molecule has 0 saturated carbocycles. The van der Waals surface area contributed by atoms with Crippen molar-refractivity contribution in [2.45, 2.75) is 33.2 Å². The maximum Gasteiger partial charge on any atom is 0.135 e. The highest BCUT2D eigenvalue weighted by Crippen LogP contribution is 2.29. The van der Waals surface area contributed by atoms with Crippen LogP contribution in [0.25, 0.3) is 0 Å². The molecule has 1 saturated heterocycles. The molecule has 72 valence electrons. The van der Waals surface area contributed by atoms with Crippen LogP contribution in [0, 0.1) is 11.8 Å². The molecule has 0 aromatic carbocycles. The standard InChI is InChI=1S/C8H18N2OS/c1-6(2)8(7(3)4)5-9-12(11)10-8/h6-7,9-10H,5H2,1-4H3. The first-order valence-corrected chi connectivity index (χ1v) is 5.57. The summed E-state index contributed by atoms with van der Waals surface area (Å²) in [6.07, 6.45) is 0. The molecule has 0 spiro atoms. The molecule has 1 fully saturated rings. The Morgan fingerprint density at radius 1 is 1.25 bits per heavy atom. The van der Waals surface area contributed by atoms with Gasteiger partial charge in [-0.15, -0.1) is 9.44 Å². The summed E-state index contributed by atoms with van der Waals surface area (Å²) >= 11 is -1.03. The maximum absolute atomic E-state index is 11.2. The van der Waals surface area contributed by atoms with Crippen LogP contribution >= 0.6 is 0 Å². The van der Waals surface area contributed by atoms with E-state index < -0.39 is 11.5 Å². The van der Waals surface area contributed by atoms with Crippen LogP contribution in [0.5, 0.6) is 0 Å². The minimum absolute atomic E-state index is 0.00482. The molecule has 12 heavy (non-hydrogen) atoms. The Bertz CT molecular complexity index is 153. The molecule has 4 heteroatoms. The molecule has 0 bridgehead atoms. The lowest BCUT2D eigenvalue weighted by atomic mass is 9.78. The van der Waals surface area contributed by atoms with Crippen LogP contribution in [0.4, 0.5) is 0 Å². The van der Waals surface area contributed by atoms with E-state index in [1.807, 2.05) is 0 Å². The quantitative estimate of drug-likeness (QED) is 0.633. The first-order chi connectivity index (χ1) is 5.49. The fourth-order valence-corrected chi connectivity index (χ4v) is 3.07. The number of hydrogen-bond donors (Lipinski definition) is 2. The van der Waals surface area contributed by atoms with Crippen molar-refractivity contribution in [2.75, 3.05) is 6.54 Å². The molecule has 2 N–H and O–H groups in total. The SMILES string of the molecule is CC(C)C1(C(C)C)CN[S+]([O-])N1. The van der Waals surface area contributed by atoms with Gasteiger partial charge in [0.2, 0.25) is 0 Å². The summed E-state index contributed by atoms with van der Waals surface area (Å²) in [5, 5.41) is 0. The van der Waals surface area contributed by atoms with Gasteiger partial charge in [0.25, 0.3) is 0 Å². The average Bonchev–Trinajstić information content (AvgIpc) is 2.32. The van der Waals surface area contributed by atoms with Crippen molar-refractivity contribution in [3.63, 3.8) is 0 Å². The first kappa shape index (κ1) is 10.3. The van der Waals surface area contributed by atoms with Crippen molar-refractivity contribution < 1.29 is 4.55 Å². The first-order valence-electron chi connectivity index (χ1n) is 4.42. The summed E-state index contributed by atoms with van der Waals surface area (Å²) in [7, 11) is 0. The molecule has 1 atom stereocenters. The summed E-state index contributed by atoms with van der Waals surface area (Å²) in [4.78, 5) is 0. The Balaban J connectivity index is 2.75. The topological polar surface area (TPSA) is 47.1 Å². The predicted octanol–water partition coefficient (Wildman–Crippen LogP) is 0.809. The van der Waals surface area contributed by atoms with Gasteiger partial charge in [0.15, 0.2) is 0 Å². The Kier molecular flexibility index (Phi) is 3.04. The lowest BCUT2D eigenvalue weighted by Gasteiger charge is -2.33. The third kappa shape index (κ3) is 1.62. The lowest BCUT2D eigenvalue weighted by molar-refractivity contribution is 0.219. The molecule has 3 nitrogen and oxygen atoms in total. The van der Waals surface area contributed by atoms with Crippen molar-refractivity contribution in [3.05, 3.63) is 0 Å². The fourth-order valence-electron chi connectivity index (χ4n) is 1.74. The second-order valence-corrected chi connectivity index (χ2v) is 5.07.